The molecule has 1 atom stereocenters. The Bertz CT molecular complexity index is 275. The van der Waals surface area contributed by atoms with E-state index in [9.17, 15) is 4.79 Å². The quantitative estimate of drug-likeness (QED) is 0.834. The first-order chi connectivity index (χ1) is 9.31. The molecule has 2 aliphatic heterocycles. The number of likely N-dealkylation sites (tertiary alicyclic amines) is 2. The van der Waals surface area contributed by atoms with Crippen LogP contribution in [0.4, 0.5) is 0 Å². The molecule has 1 unspecified atom stereocenters. The van der Waals surface area contributed by atoms with Gasteiger partial charge in [0, 0.05) is 32.7 Å². The molecule has 1 amide bonds. The Morgan fingerprint density at radius 1 is 1.11 bits per heavy atom. The minimum Gasteiger partial charge on any atom is -0.342 e. The van der Waals surface area contributed by atoms with Crippen LogP contribution >= 0.6 is 0 Å². The molecule has 1 N–H and O–H groups in total. The van der Waals surface area contributed by atoms with Gasteiger partial charge in [-0.15, -0.1) is 0 Å². The molecule has 110 valence electrons. The second-order valence-corrected chi connectivity index (χ2v) is 5.98. The highest BCUT2D eigenvalue weighted by Crippen LogP contribution is 2.20. The summed E-state index contributed by atoms with van der Waals surface area (Å²) in [6.45, 7) is 6.20. The van der Waals surface area contributed by atoms with Crippen LogP contribution in [0.3, 0.4) is 0 Å². The van der Waals surface area contributed by atoms with Crippen molar-refractivity contribution in [1.82, 2.24) is 15.1 Å². The van der Waals surface area contributed by atoms with Gasteiger partial charge in [-0.25, -0.2) is 0 Å². The van der Waals surface area contributed by atoms with Crippen LogP contribution in [0.1, 0.15) is 38.5 Å². The summed E-state index contributed by atoms with van der Waals surface area (Å²) < 4.78 is 0. The number of hydrogen-bond acceptors (Lipinski definition) is 3. The minimum atomic E-state index is 0.253. The van der Waals surface area contributed by atoms with Gasteiger partial charge in [-0.1, -0.05) is 12.8 Å². The summed E-state index contributed by atoms with van der Waals surface area (Å²) in [5.74, 6) is 0.680. The Morgan fingerprint density at radius 2 is 1.84 bits per heavy atom. The third-order valence-corrected chi connectivity index (χ3v) is 4.45. The predicted molar refractivity (Wildman–Crippen MR) is 78.1 cm³/mol. The van der Waals surface area contributed by atoms with E-state index in [-0.39, 0.29) is 5.92 Å². The zero-order chi connectivity index (χ0) is 13.5. The number of hydrogen-bond donors (Lipinski definition) is 1. The molecule has 2 fully saturated rings. The average molecular weight is 267 g/mol. The molecule has 2 heterocycles. The van der Waals surface area contributed by atoms with E-state index in [1.807, 2.05) is 7.05 Å². The van der Waals surface area contributed by atoms with Crippen molar-refractivity contribution in [2.45, 2.75) is 38.5 Å². The number of nitrogens with one attached hydrogen (secondary N) is 1. The summed E-state index contributed by atoms with van der Waals surface area (Å²) >= 11 is 0. The van der Waals surface area contributed by atoms with Crippen LogP contribution in [-0.4, -0.2) is 62.0 Å². The van der Waals surface area contributed by atoms with Crippen molar-refractivity contribution in [1.29, 1.82) is 0 Å². The molecule has 0 spiro atoms. The van der Waals surface area contributed by atoms with Gasteiger partial charge < -0.3 is 15.1 Å². The van der Waals surface area contributed by atoms with Gasteiger partial charge in [0.1, 0.15) is 0 Å². The van der Waals surface area contributed by atoms with E-state index in [4.69, 9.17) is 0 Å². The molecule has 4 nitrogen and oxygen atoms in total. The largest absolute Gasteiger partial charge is 0.342 e. The fraction of sp³-hybridized carbons (Fsp3) is 0.933. The van der Waals surface area contributed by atoms with Crippen LogP contribution in [0.2, 0.25) is 0 Å². The smallest absolute Gasteiger partial charge is 0.226 e. The fourth-order valence-electron chi connectivity index (χ4n) is 3.28. The van der Waals surface area contributed by atoms with Gasteiger partial charge in [0.15, 0.2) is 0 Å². The zero-order valence-electron chi connectivity index (χ0n) is 12.4. The molecule has 19 heavy (non-hydrogen) atoms. The first-order valence-corrected chi connectivity index (χ1v) is 7.97. The Labute approximate surface area is 117 Å². The van der Waals surface area contributed by atoms with Crippen molar-refractivity contribution in [3.63, 3.8) is 0 Å². The van der Waals surface area contributed by atoms with Gasteiger partial charge in [0.2, 0.25) is 5.91 Å². The number of likely N-dealkylation sites (N-methyl/N-ethyl adjacent to an activating group) is 1. The Hall–Kier alpha value is -0.610. The van der Waals surface area contributed by atoms with Crippen molar-refractivity contribution in [2.24, 2.45) is 5.92 Å². The van der Waals surface area contributed by atoms with E-state index in [0.717, 1.165) is 45.7 Å². The third-order valence-electron chi connectivity index (χ3n) is 4.45. The second-order valence-electron chi connectivity index (χ2n) is 5.98. The standard InChI is InChI=1S/C15H29N3O/c1-16-8-12-17-9-6-7-14(13-17)15(19)18-10-4-2-3-5-11-18/h14,16H,2-13H2,1H3. The van der Waals surface area contributed by atoms with Gasteiger partial charge in [0.05, 0.1) is 5.92 Å². The molecule has 0 aliphatic carbocycles. The molecule has 2 rings (SSSR count). The lowest BCUT2D eigenvalue weighted by atomic mass is 9.96. The van der Waals surface area contributed by atoms with Crippen molar-refractivity contribution in [3.05, 3.63) is 0 Å². The molecule has 0 radical (unpaired) electrons. The number of nitrogens with zero attached hydrogens (tertiary/aromatic N) is 2. The summed E-state index contributed by atoms with van der Waals surface area (Å²) in [7, 11) is 1.99. The van der Waals surface area contributed by atoms with Gasteiger partial charge >= 0.3 is 0 Å². The fourth-order valence-corrected chi connectivity index (χ4v) is 3.28. The van der Waals surface area contributed by atoms with Crippen LogP contribution < -0.4 is 5.32 Å². The topological polar surface area (TPSA) is 35.6 Å². The van der Waals surface area contributed by atoms with Crippen LogP contribution in [0, 0.1) is 5.92 Å². The summed E-state index contributed by atoms with van der Waals surface area (Å²) in [6.07, 6.45) is 7.24. The number of carbonyl (C=O) groups excluding carboxylic acids is 1. The number of rotatable bonds is 4. The lowest BCUT2D eigenvalue weighted by Crippen LogP contribution is -2.46. The third kappa shape index (κ3) is 4.46. The molecule has 0 aromatic carbocycles. The Morgan fingerprint density at radius 3 is 2.53 bits per heavy atom. The summed E-state index contributed by atoms with van der Waals surface area (Å²) in [6, 6.07) is 0. The second kappa shape index (κ2) is 7.85. The minimum absolute atomic E-state index is 0.253. The van der Waals surface area contributed by atoms with Gasteiger partial charge in [-0.05, 0) is 39.3 Å². The first kappa shape index (κ1) is 14.8. The number of piperidine rings is 1. The highest BCUT2D eigenvalue weighted by atomic mass is 16.2. The van der Waals surface area contributed by atoms with E-state index in [2.05, 4.69) is 15.1 Å². The zero-order valence-corrected chi connectivity index (χ0v) is 12.4. The average Bonchev–Trinajstić information content (AvgIpc) is 2.73. The van der Waals surface area contributed by atoms with Gasteiger partial charge in [-0.2, -0.15) is 0 Å². The summed E-state index contributed by atoms with van der Waals surface area (Å²) in [5.41, 5.74) is 0. The molecular formula is C15H29N3O. The number of amides is 1. The van der Waals surface area contributed by atoms with E-state index < -0.39 is 0 Å². The molecule has 2 aliphatic rings. The molecule has 0 saturated carbocycles. The van der Waals surface area contributed by atoms with E-state index in [1.54, 1.807) is 0 Å². The van der Waals surface area contributed by atoms with E-state index in [1.165, 1.54) is 32.1 Å². The SMILES string of the molecule is CNCCN1CCCC(C(=O)N2CCCCCC2)C1. The Kier molecular flexibility index (Phi) is 6.11. The van der Waals surface area contributed by atoms with Crippen molar-refractivity contribution in [2.75, 3.05) is 46.3 Å². The highest BCUT2D eigenvalue weighted by Gasteiger charge is 2.29. The van der Waals surface area contributed by atoms with Crippen LogP contribution in [-0.2, 0) is 4.79 Å². The van der Waals surface area contributed by atoms with Gasteiger partial charge in [0.25, 0.3) is 0 Å². The highest BCUT2D eigenvalue weighted by molar-refractivity contribution is 5.79. The van der Waals surface area contributed by atoms with Crippen molar-refractivity contribution in [3.8, 4) is 0 Å². The molecule has 2 saturated heterocycles. The molecule has 0 aromatic heterocycles. The summed E-state index contributed by atoms with van der Waals surface area (Å²) in [4.78, 5) is 17.2. The monoisotopic (exact) mass is 267 g/mol. The first-order valence-electron chi connectivity index (χ1n) is 7.97. The lowest BCUT2D eigenvalue weighted by molar-refractivity contribution is -0.137. The van der Waals surface area contributed by atoms with Crippen molar-refractivity contribution < 1.29 is 4.79 Å². The van der Waals surface area contributed by atoms with Gasteiger partial charge in [-0.3, -0.25) is 4.79 Å². The predicted octanol–water partition coefficient (Wildman–Crippen LogP) is 1.32. The lowest BCUT2D eigenvalue weighted by Gasteiger charge is -2.34. The van der Waals surface area contributed by atoms with E-state index >= 15 is 0 Å². The normalized spacial score (nSPS) is 26.2. The molecule has 4 heteroatoms. The van der Waals surface area contributed by atoms with Crippen molar-refractivity contribution >= 4 is 5.91 Å². The number of carbonyl (C=O) groups is 1. The summed E-state index contributed by atoms with van der Waals surface area (Å²) in [5, 5.41) is 3.19. The molecule has 0 aromatic rings. The van der Waals surface area contributed by atoms with Crippen LogP contribution in [0.15, 0.2) is 0 Å². The maximum Gasteiger partial charge on any atom is 0.226 e. The van der Waals surface area contributed by atoms with Crippen LogP contribution in [0.25, 0.3) is 0 Å². The Balaban J connectivity index is 1.83. The maximum atomic E-state index is 12.6. The maximum absolute atomic E-state index is 12.6. The van der Waals surface area contributed by atoms with E-state index in [0.29, 0.717) is 5.91 Å². The molecular weight excluding hydrogens is 238 g/mol. The molecule has 0 bridgehead atoms. The van der Waals surface area contributed by atoms with Crippen LogP contribution in [0.5, 0.6) is 0 Å².